The van der Waals surface area contributed by atoms with Crippen molar-refractivity contribution in [3.05, 3.63) is 35.9 Å². The molecule has 6 nitrogen and oxygen atoms in total. The normalized spacial score (nSPS) is 14.1. The Kier molecular flexibility index (Phi) is 5.08. The molecule has 2 N–H and O–H groups in total. The van der Waals surface area contributed by atoms with E-state index in [9.17, 15) is 4.79 Å². The van der Waals surface area contributed by atoms with Crippen LogP contribution in [-0.2, 0) is 11.3 Å². The van der Waals surface area contributed by atoms with Crippen molar-refractivity contribution in [3.63, 3.8) is 0 Å². The summed E-state index contributed by atoms with van der Waals surface area (Å²) in [4.78, 5) is 14.6. The Morgan fingerprint density at radius 3 is 2.67 bits per heavy atom. The molecule has 0 bridgehead atoms. The van der Waals surface area contributed by atoms with Crippen molar-refractivity contribution in [3.8, 4) is 0 Å². The lowest BCUT2D eigenvalue weighted by atomic mass is 10.2. The maximum atomic E-state index is 12.7. The van der Waals surface area contributed by atoms with Crippen LogP contribution in [0.5, 0.6) is 0 Å². The van der Waals surface area contributed by atoms with Crippen LogP contribution in [0.1, 0.15) is 38.3 Å². The lowest BCUT2D eigenvalue weighted by Gasteiger charge is -2.26. The smallest absolute Gasteiger partial charge is 0.233 e. The van der Waals surface area contributed by atoms with Crippen molar-refractivity contribution in [2.75, 3.05) is 11.5 Å². The van der Waals surface area contributed by atoms with Crippen LogP contribution in [0.15, 0.2) is 35.5 Å². The van der Waals surface area contributed by atoms with Gasteiger partial charge in [0.05, 0.1) is 5.75 Å². The summed E-state index contributed by atoms with van der Waals surface area (Å²) in [5, 5.41) is 8.81. The molecule has 128 valence electrons. The summed E-state index contributed by atoms with van der Waals surface area (Å²) in [7, 11) is 0. The molecule has 1 saturated carbocycles. The molecule has 24 heavy (non-hydrogen) atoms. The van der Waals surface area contributed by atoms with Gasteiger partial charge in [-0.3, -0.25) is 9.36 Å². The molecule has 2 aromatic rings. The van der Waals surface area contributed by atoms with Gasteiger partial charge in [0.1, 0.15) is 0 Å². The average molecular weight is 345 g/mol. The number of hydrogen-bond acceptors (Lipinski definition) is 5. The van der Waals surface area contributed by atoms with Crippen LogP contribution in [0, 0.1) is 0 Å². The molecule has 1 aliphatic rings. The fourth-order valence-electron chi connectivity index (χ4n) is 2.61. The summed E-state index contributed by atoms with van der Waals surface area (Å²) < 4.78 is 1.95. The largest absolute Gasteiger partial charge is 0.368 e. The molecule has 1 heterocycles. The highest BCUT2D eigenvalue weighted by atomic mass is 32.2. The predicted octanol–water partition coefficient (Wildman–Crippen LogP) is 2.72. The molecule has 1 aromatic heterocycles. The van der Waals surface area contributed by atoms with Crippen LogP contribution in [0.4, 0.5) is 5.95 Å². The molecular weight excluding hydrogens is 322 g/mol. The van der Waals surface area contributed by atoms with Gasteiger partial charge in [-0.1, -0.05) is 42.1 Å². The number of carbonyl (C=O) groups is 1. The van der Waals surface area contributed by atoms with Crippen molar-refractivity contribution in [1.29, 1.82) is 0 Å². The van der Waals surface area contributed by atoms with Gasteiger partial charge < -0.3 is 10.6 Å². The molecule has 7 heteroatoms. The van der Waals surface area contributed by atoms with Crippen molar-refractivity contribution >= 4 is 23.6 Å². The van der Waals surface area contributed by atoms with Gasteiger partial charge in [0.15, 0.2) is 5.16 Å². The van der Waals surface area contributed by atoms with E-state index in [4.69, 9.17) is 5.73 Å². The Morgan fingerprint density at radius 1 is 1.33 bits per heavy atom. The maximum absolute atomic E-state index is 12.7. The molecular formula is C17H23N5OS. The van der Waals surface area contributed by atoms with E-state index in [-0.39, 0.29) is 11.9 Å². The van der Waals surface area contributed by atoms with Crippen LogP contribution in [0.25, 0.3) is 0 Å². The fourth-order valence-corrected chi connectivity index (χ4v) is 3.51. The number of aromatic nitrogens is 3. The highest BCUT2D eigenvalue weighted by Gasteiger charge is 2.29. The van der Waals surface area contributed by atoms with Gasteiger partial charge in [0.2, 0.25) is 11.9 Å². The van der Waals surface area contributed by atoms with Gasteiger partial charge in [-0.2, -0.15) is 0 Å². The quantitative estimate of drug-likeness (QED) is 0.781. The van der Waals surface area contributed by atoms with Gasteiger partial charge in [-0.25, -0.2) is 0 Å². The van der Waals surface area contributed by atoms with Crippen LogP contribution in [0.3, 0.4) is 0 Å². The summed E-state index contributed by atoms with van der Waals surface area (Å²) in [6, 6.07) is 10.6. The van der Waals surface area contributed by atoms with Crippen LogP contribution in [-0.4, -0.2) is 37.4 Å². The molecule has 1 aromatic carbocycles. The second-order valence-electron chi connectivity index (χ2n) is 6.33. The maximum Gasteiger partial charge on any atom is 0.233 e. The summed E-state index contributed by atoms with van der Waals surface area (Å²) in [5.41, 5.74) is 7.01. The number of benzene rings is 1. The minimum Gasteiger partial charge on any atom is -0.368 e. The number of thioether (sulfide) groups is 1. The Labute approximate surface area is 146 Å². The molecule has 0 aliphatic heterocycles. The number of nitrogens with two attached hydrogens (primary N) is 1. The van der Waals surface area contributed by atoms with Crippen molar-refractivity contribution in [1.82, 2.24) is 19.7 Å². The molecule has 0 atom stereocenters. The summed E-state index contributed by atoms with van der Waals surface area (Å²) >= 11 is 1.42. The molecule has 1 amide bonds. The highest BCUT2D eigenvalue weighted by molar-refractivity contribution is 7.99. The third kappa shape index (κ3) is 3.90. The first kappa shape index (κ1) is 16.8. The third-order valence-electron chi connectivity index (χ3n) is 4.07. The van der Waals surface area contributed by atoms with Crippen LogP contribution >= 0.6 is 11.8 Å². The van der Waals surface area contributed by atoms with Gasteiger partial charge in [-0.15, -0.1) is 10.2 Å². The second-order valence-corrected chi connectivity index (χ2v) is 7.27. The number of nitrogens with zero attached hydrogens (tertiary/aromatic N) is 4. The topological polar surface area (TPSA) is 77.0 Å². The van der Waals surface area contributed by atoms with Crippen LogP contribution < -0.4 is 5.73 Å². The van der Waals surface area contributed by atoms with Crippen molar-refractivity contribution in [2.45, 2.75) is 50.5 Å². The van der Waals surface area contributed by atoms with E-state index in [1.165, 1.54) is 11.8 Å². The highest BCUT2D eigenvalue weighted by Crippen LogP contribution is 2.39. The number of hydrogen-bond donors (Lipinski definition) is 1. The zero-order chi connectivity index (χ0) is 17.1. The number of rotatable bonds is 7. The molecule has 0 radical (unpaired) electrons. The van der Waals surface area contributed by atoms with E-state index >= 15 is 0 Å². The number of anilines is 1. The van der Waals surface area contributed by atoms with Gasteiger partial charge in [0, 0.05) is 18.6 Å². The molecule has 3 rings (SSSR count). The first-order chi connectivity index (χ1) is 11.6. The minimum absolute atomic E-state index is 0.0998. The van der Waals surface area contributed by atoms with E-state index in [2.05, 4.69) is 10.2 Å². The Hall–Kier alpha value is -2.02. The van der Waals surface area contributed by atoms with E-state index in [1.54, 1.807) is 0 Å². The first-order valence-corrected chi connectivity index (χ1v) is 9.21. The van der Waals surface area contributed by atoms with E-state index < -0.39 is 0 Å². The summed E-state index contributed by atoms with van der Waals surface area (Å²) in [5.74, 6) is 0.885. The Balaban J connectivity index is 1.64. The van der Waals surface area contributed by atoms with Crippen molar-refractivity contribution < 1.29 is 4.79 Å². The minimum atomic E-state index is 0.0998. The monoisotopic (exact) mass is 345 g/mol. The SMILES string of the molecule is CC(C)N(Cc1ccccc1)C(=O)CSc1nnc(N)n1C1CC1. The molecule has 0 spiro atoms. The zero-order valence-electron chi connectivity index (χ0n) is 14.1. The average Bonchev–Trinajstić information content (AvgIpc) is 3.34. The standard InChI is InChI=1S/C17H23N5OS/c1-12(2)21(10-13-6-4-3-5-7-13)15(23)11-24-17-20-19-16(18)22(17)14-8-9-14/h3-7,12,14H,8-11H2,1-2H3,(H2,18,19). The summed E-state index contributed by atoms with van der Waals surface area (Å²) in [6.07, 6.45) is 2.21. The fraction of sp³-hybridized carbons (Fsp3) is 0.471. The van der Waals surface area contributed by atoms with Crippen LogP contribution in [0.2, 0.25) is 0 Å². The van der Waals surface area contributed by atoms with E-state index in [1.807, 2.05) is 53.6 Å². The van der Waals surface area contributed by atoms with Gasteiger partial charge >= 0.3 is 0 Å². The number of carbonyl (C=O) groups excluding carboxylic acids is 1. The molecule has 1 aliphatic carbocycles. The molecule has 0 unspecified atom stereocenters. The van der Waals surface area contributed by atoms with E-state index in [0.717, 1.165) is 23.6 Å². The number of amides is 1. The van der Waals surface area contributed by atoms with Gasteiger partial charge in [-0.05, 0) is 32.3 Å². The lowest BCUT2D eigenvalue weighted by molar-refractivity contribution is -0.130. The predicted molar refractivity (Wildman–Crippen MR) is 95.6 cm³/mol. The summed E-state index contributed by atoms with van der Waals surface area (Å²) in [6.45, 7) is 4.70. The zero-order valence-corrected chi connectivity index (χ0v) is 14.9. The molecule has 0 saturated heterocycles. The first-order valence-electron chi connectivity index (χ1n) is 8.23. The number of nitrogen functional groups attached to an aromatic ring is 1. The Bertz CT molecular complexity index is 696. The molecule has 1 fully saturated rings. The van der Waals surface area contributed by atoms with Crippen molar-refractivity contribution in [2.24, 2.45) is 0 Å². The van der Waals surface area contributed by atoms with Gasteiger partial charge in [0.25, 0.3) is 0 Å². The van der Waals surface area contributed by atoms with E-state index in [0.29, 0.717) is 24.3 Å². The second kappa shape index (κ2) is 7.25. The third-order valence-corrected chi connectivity index (χ3v) is 4.99. The Morgan fingerprint density at radius 2 is 2.04 bits per heavy atom. The lowest BCUT2D eigenvalue weighted by Crippen LogP contribution is -2.37.